The van der Waals surface area contributed by atoms with Crippen molar-refractivity contribution in [2.75, 3.05) is 13.2 Å². The van der Waals surface area contributed by atoms with Crippen LogP contribution in [0.4, 0.5) is 0 Å². The van der Waals surface area contributed by atoms with Gasteiger partial charge in [0.1, 0.15) is 18.1 Å². The zero-order valence-corrected chi connectivity index (χ0v) is 40.9. The third-order valence-corrected chi connectivity index (χ3v) is 13.0. The molecule has 62 heavy (non-hydrogen) atoms. The second-order valence-corrected chi connectivity index (χ2v) is 19.3. The number of hydrogen-bond acceptors (Lipinski definition) is 6. The molecule has 0 saturated carbocycles. The number of carbonyl (C=O) groups is 2. The Morgan fingerprint density at radius 3 is 1.03 bits per heavy atom. The summed E-state index contributed by atoms with van der Waals surface area (Å²) >= 11 is 0. The van der Waals surface area contributed by atoms with Gasteiger partial charge in [0, 0.05) is 0 Å². The lowest BCUT2D eigenvalue weighted by Gasteiger charge is -2.11. The number of benzene rings is 1. The summed E-state index contributed by atoms with van der Waals surface area (Å²) in [4.78, 5) is 25.4. The minimum absolute atomic E-state index is 0.00928. The van der Waals surface area contributed by atoms with Gasteiger partial charge in [-0.3, -0.25) is 4.55 Å². The van der Waals surface area contributed by atoms with Crippen molar-refractivity contribution in [1.82, 2.24) is 0 Å². The molecule has 1 aromatic rings. The van der Waals surface area contributed by atoms with E-state index in [1.807, 2.05) is 12.2 Å². The zero-order chi connectivity index (χ0) is 45.0. The first-order valence-corrected chi connectivity index (χ1v) is 27.5. The second-order valence-electron chi connectivity index (χ2n) is 17.9. The van der Waals surface area contributed by atoms with E-state index >= 15 is 0 Å². The summed E-state index contributed by atoms with van der Waals surface area (Å²) in [6.07, 6.45) is 57.4. The van der Waals surface area contributed by atoms with Gasteiger partial charge >= 0.3 is 11.9 Å². The highest BCUT2D eigenvalue weighted by atomic mass is 32.2. The topological polar surface area (TPSA) is 107 Å². The first-order chi connectivity index (χ1) is 30.3. The molecule has 1 rings (SSSR count). The monoisotopic (exact) mass is 887 g/mol. The molecule has 0 aliphatic carbocycles. The van der Waals surface area contributed by atoms with Gasteiger partial charge in [0.05, 0.1) is 11.1 Å². The second kappa shape index (κ2) is 42.5. The van der Waals surface area contributed by atoms with Gasteiger partial charge in [-0.25, -0.2) is 9.59 Å². The Morgan fingerprint density at radius 1 is 0.435 bits per heavy atom. The molecule has 0 bridgehead atoms. The van der Waals surface area contributed by atoms with E-state index in [0.29, 0.717) is 0 Å². The van der Waals surface area contributed by atoms with Gasteiger partial charge in [0.2, 0.25) is 0 Å². The van der Waals surface area contributed by atoms with Gasteiger partial charge in [-0.05, 0) is 37.8 Å². The maximum atomic E-state index is 13.1. The van der Waals surface area contributed by atoms with Crippen LogP contribution in [0.25, 0.3) is 0 Å². The van der Waals surface area contributed by atoms with E-state index in [9.17, 15) is 22.6 Å². The van der Waals surface area contributed by atoms with Crippen LogP contribution in [0.1, 0.15) is 279 Å². The normalized spacial score (nSPS) is 11.9. The minimum atomic E-state index is -4.80. The quantitative estimate of drug-likeness (QED) is 0.0301. The molecular weight excluding hydrogens is 793 g/mol. The molecule has 0 amide bonds. The smallest absolute Gasteiger partial charge is 0.340 e. The molecule has 0 radical (unpaired) electrons. The van der Waals surface area contributed by atoms with Crippen LogP contribution in [0.5, 0.6) is 0 Å². The molecule has 0 spiro atoms. The molecule has 0 aliphatic rings. The number of ether oxygens (including phenoxy) is 2. The van der Waals surface area contributed by atoms with Crippen LogP contribution in [0.15, 0.2) is 47.4 Å². The van der Waals surface area contributed by atoms with Gasteiger partial charge < -0.3 is 9.47 Å². The molecule has 358 valence electrons. The van der Waals surface area contributed by atoms with Crippen molar-refractivity contribution < 1.29 is 32.0 Å². The highest BCUT2D eigenvalue weighted by Gasteiger charge is 2.28. The summed E-state index contributed by atoms with van der Waals surface area (Å²) in [6, 6.07) is 3.69. The maximum Gasteiger partial charge on any atom is 0.340 e. The number of carbonyl (C=O) groups excluding carboxylic acids is 2. The van der Waals surface area contributed by atoms with Crippen molar-refractivity contribution in [2.45, 2.75) is 263 Å². The molecule has 0 fully saturated rings. The predicted molar refractivity (Wildman–Crippen MR) is 262 cm³/mol. The molecule has 0 aliphatic heterocycles. The molecule has 7 nitrogen and oxygen atoms in total. The lowest BCUT2D eigenvalue weighted by Crippen LogP contribution is -2.18. The van der Waals surface area contributed by atoms with Crippen molar-refractivity contribution in [3.8, 4) is 0 Å². The molecule has 0 saturated heterocycles. The Bertz CT molecular complexity index is 1370. The molecule has 1 N–H and O–H groups in total. The van der Waals surface area contributed by atoms with E-state index in [1.54, 1.807) is 12.2 Å². The van der Waals surface area contributed by atoms with Gasteiger partial charge in [-0.15, -0.1) is 0 Å². The summed E-state index contributed by atoms with van der Waals surface area (Å²) in [5.41, 5.74) is -0.774. The lowest BCUT2D eigenvalue weighted by molar-refractivity contribution is 0.0499. The van der Waals surface area contributed by atoms with E-state index in [4.69, 9.17) is 9.47 Å². The zero-order valence-electron chi connectivity index (χ0n) is 40.1. The molecule has 8 heteroatoms. The predicted octanol–water partition coefficient (Wildman–Crippen LogP) is 17.2. The van der Waals surface area contributed by atoms with Gasteiger partial charge in [0.15, 0.2) is 0 Å². The van der Waals surface area contributed by atoms with Crippen LogP contribution < -0.4 is 0 Å². The Morgan fingerprint density at radius 2 is 0.726 bits per heavy atom. The van der Waals surface area contributed by atoms with Crippen LogP contribution >= 0.6 is 0 Å². The third kappa shape index (κ3) is 34.0. The van der Waals surface area contributed by atoms with E-state index in [-0.39, 0.29) is 18.8 Å². The lowest BCUT2D eigenvalue weighted by atomic mass is 10.0. The molecule has 1 aromatic carbocycles. The number of hydrogen-bond donors (Lipinski definition) is 1. The van der Waals surface area contributed by atoms with Crippen molar-refractivity contribution in [3.05, 3.63) is 53.6 Å². The molecule has 0 heterocycles. The molecular formula is C54H94O7S. The van der Waals surface area contributed by atoms with E-state index in [2.05, 4.69) is 13.8 Å². The molecule has 0 aromatic heterocycles. The fraction of sp³-hybridized carbons (Fsp3) is 0.778. The molecule has 0 atom stereocenters. The van der Waals surface area contributed by atoms with Crippen molar-refractivity contribution in [3.63, 3.8) is 0 Å². The Hall–Kier alpha value is -2.45. The number of allylic oxidation sites excluding steroid dienone is 2. The van der Waals surface area contributed by atoms with E-state index in [1.165, 1.54) is 224 Å². The summed E-state index contributed by atoms with van der Waals surface area (Å²) in [5.74, 6) is -1.86. The van der Waals surface area contributed by atoms with Crippen LogP contribution in [0.3, 0.4) is 0 Å². The summed E-state index contributed by atoms with van der Waals surface area (Å²) < 4.78 is 44.8. The number of rotatable bonds is 45. The summed E-state index contributed by atoms with van der Waals surface area (Å²) in [6.45, 7) is 4.47. The Labute approximate surface area is 382 Å². The number of unbranched alkanes of at least 4 members (excludes halogenated alkanes) is 36. The third-order valence-electron chi connectivity index (χ3n) is 12.1. The first-order valence-electron chi connectivity index (χ1n) is 26.1. The Kier molecular flexibility index (Phi) is 39.5. The van der Waals surface area contributed by atoms with Gasteiger partial charge in [-0.2, -0.15) is 8.42 Å². The molecule has 0 unspecified atom stereocenters. The van der Waals surface area contributed by atoms with E-state index < -0.39 is 32.5 Å². The van der Waals surface area contributed by atoms with Gasteiger partial charge in [0.25, 0.3) is 10.1 Å². The highest BCUT2D eigenvalue weighted by molar-refractivity contribution is 7.86. The minimum Gasteiger partial charge on any atom is -0.458 e. The summed E-state index contributed by atoms with van der Waals surface area (Å²) in [5, 5.41) is 0. The van der Waals surface area contributed by atoms with Crippen LogP contribution in [-0.2, 0) is 19.6 Å². The van der Waals surface area contributed by atoms with Gasteiger partial charge in [-0.1, -0.05) is 263 Å². The van der Waals surface area contributed by atoms with E-state index in [0.717, 1.165) is 38.2 Å². The summed E-state index contributed by atoms with van der Waals surface area (Å²) in [7, 11) is -4.80. The fourth-order valence-electron chi connectivity index (χ4n) is 8.22. The van der Waals surface area contributed by atoms with Crippen molar-refractivity contribution in [2.24, 2.45) is 0 Å². The largest absolute Gasteiger partial charge is 0.458 e. The Balaban J connectivity index is 2.17. The van der Waals surface area contributed by atoms with Crippen LogP contribution in [0.2, 0.25) is 0 Å². The van der Waals surface area contributed by atoms with Crippen LogP contribution in [0, 0.1) is 0 Å². The van der Waals surface area contributed by atoms with Crippen molar-refractivity contribution in [1.29, 1.82) is 0 Å². The average molecular weight is 887 g/mol. The first kappa shape index (κ1) is 57.6. The highest BCUT2D eigenvalue weighted by Crippen LogP contribution is 2.23. The maximum absolute atomic E-state index is 13.1. The number of esters is 2. The average Bonchev–Trinajstić information content (AvgIpc) is 3.26. The van der Waals surface area contributed by atoms with Crippen LogP contribution in [-0.4, -0.2) is 38.1 Å². The van der Waals surface area contributed by atoms with Crippen molar-refractivity contribution >= 4 is 22.1 Å². The standard InChI is InChI=1S/C54H94O7S/c1-3-5-7-9-11-13-15-17-19-21-23-25-27-29-31-33-35-37-39-41-43-48-60-53(55)50-46-45-47-51(62(57,58)59)52(50)54(56)61-49-44-42-40-38-36-34-32-30-28-26-24-22-20-18-16-14-12-10-8-6-4-2/h41-47H,3-40,48-49H2,1-2H3,(H,57,58,59)/b43-41+,44-42+. The fourth-order valence-corrected chi connectivity index (χ4v) is 8.93. The SMILES string of the molecule is CCCCCCCCCCCCCCCCCCCC/C=C/COC(=O)c1cccc(S(=O)(=O)O)c1C(=O)OC/C=C/CCCCCCCCCCCCCCCCCCCC.